The number of benzene rings is 2. The molecule has 1 atom stereocenters. The first-order valence-electron chi connectivity index (χ1n) is 8.26. The zero-order chi connectivity index (χ0) is 17.2. The molecular weight excluding hydrogens is 302 g/mol. The van der Waals surface area contributed by atoms with Crippen LogP contribution in [0, 0.1) is 0 Å². The number of hydrogen-bond donors (Lipinski definition) is 1. The van der Waals surface area contributed by atoms with Gasteiger partial charge in [-0.3, -0.25) is 4.79 Å². The molecule has 0 saturated carbocycles. The minimum Gasteiger partial charge on any atom is -0.497 e. The van der Waals surface area contributed by atoms with Gasteiger partial charge in [0.15, 0.2) is 0 Å². The van der Waals surface area contributed by atoms with Gasteiger partial charge < -0.3 is 14.7 Å². The highest BCUT2D eigenvalue weighted by molar-refractivity contribution is 5.95. The van der Waals surface area contributed by atoms with Crippen molar-refractivity contribution in [2.24, 2.45) is 0 Å². The molecule has 1 unspecified atom stereocenters. The van der Waals surface area contributed by atoms with Crippen LogP contribution in [0.4, 0.5) is 5.69 Å². The summed E-state index contributed by atoms with van der Waals surface area (Å²) in [5.74, 6) is 0.908. The van der Waals surface area contributed by atoms with Crippen LogP contribution in [0.15, 0.2) is 48.5 Å². The molecule has 4 nitrogen and oxygen atoms in total. The summed E-state index contributed by atoms with van der Waals surface area (Å²) < 4.78 is 5.15. The number of ether oxygens (including phenoxy) is 1. The number of nitrogens with zero attached hydrogens (tertiary/aromatic N) is 1. The van der Waals surface area contributed by atoms with E-state index in [4.69, 9.17) is 4.74 Å². The fourth-order valence-electron chi connectivity index (χ4n) is 3.19. The van der Waals surface area contributed by atoms with Crippen LogP contribution in [-0.2, 0) is 16.8 Å². The Morgan fingerprint density at radius 2 is 1.92 bits per heavy atom. The molecule has 0 radical (unpaired) electrons. The van der Waals surface area contributed by atoms with Gasteiger partial charge in [-0.25, -0.2) is 0 Å². The van der Waals surface area contributed by atoms with Crippen molar-refractivity contribution < 1.29 is 14.6 Å². The van der Waals surface area contributed by atoms with Gasteiger partial charge in [-0.2, -0.15) is 0 Å². The number of rotatable bonds is 4. The summed E-state index contributed by atoms with van der Waals surface area (Å²) in [6, 6.07) is 15.4. The minimum atomic E-state index is -0.872. The molecule has 0 bridgehead atoms. The quantitative estimate of drug-likeness (QED) is 0.938. The van der Waals surface area contributed by atoms with E-state index in [0.717, 1.165) is 22.6 Å². The molecule has 1 heterocycles. The van der Waals surface area contributed by atoms with Crippen LogP contribution in [0.3, 0.4) is 0 Å². The second-order valence-corrected chi connectivity index (χ2v) is 6.43. The molecule has 4 heteroatoms. The lowest BCUT2D eigenvalue weighted by Gasteiger charge is -2.38. The average molecular weight is 325 g/mol. The molecule has 0 aromatic heterocycles. The van der Waals surface area contributed by atoms with Crippen LogP contribution >= 0.6 is 0 Å². The molecule has 1 N–H and O–H groups in total. The van der Waals surface area contributed by atoms with Crippen LogP contribution in [0.1, 0.15) is 30.9 Å². The second kappa shape index (κ2) is 6.65. The molecular formula is C20H23NO3. The van der Waals surface area contributed by atoms with E-state index in [9.17, 15) is 9.90 Å². The maximum Gasteiger partial charge on any atom is 0.227 e. The summed E-state index contributed by atoms with van der Waals surface area (Å²) in [4.78, 5) is 14.5. The molecule has 24 heavy (non-hydrogen) atoms. The van der Waals surface area contributed by atoms with E-state index in [1.165, 1.54) is 0 Å². The SMILES string of the molecule is COc1ccc(CCC(=O)N2CCC(C)(O)c3ccccc32)cc1. The van der Waals surface area contributed by atoms with E-state index in [-0.39, 0.29) is 5.91 Å². The van der Waals surface area contributed by atoms with Crippen molar-refractivity contribution in [1.29, 1.82) is 0 Å². The first-order valence-corrected chi connectivity index (χ1v) is 8.26. The lowest BCUT2D eigenvalue weighted by Crippen LogP contribution is -2.42. The van der Waals surface area contributed by atoms with Crippen molar-refractivity contribution in [2.75, 3.05) is 18.6 Å². The second-order valence-electron chi connectivity index (χ2n) is 6.43. The first-order chi connectivity index (χ1) is 11.5. The highest BCUT2D eigenvalue weighted by Gasteiger charge is 2.34. The number of hydrogen-bond acceptors (Lipinski definition) is 3. The number of anilines is 1. The lowest BCUT2D eigenvalue weighted by molar-refractivity contribution is -0.119. The highest BCUT2D eigenvalue weighted by atomic mass is 16.5. The van der Waals surface area contributed by atoms with E-state index in [1.54, 1.807) is 12.0 Å². The molecule has 1 amide bonds. The minimum absolute atomic E-state index is 0.0915. The number of methoxy groups -OCH3 is 1. The maximum atomic E-state index is 12.7. The third-order valence-electron chi connectivity index (χ3n) is 4.68. The Labute approximate surface area is 142 Å². The average Bonchev–Trinajstić information content (AvgIpc) is 2.60. The number of aliphatic hydroxyl groups is 1. The van der Waals surface area contributed by atoms with Crippen molar-refractivity contribution in [3.63, 3.8) is 0 Å². The maximum absolute atomic E-state index is 12.7. The van der Waals surface area contributed by atoms with Crippen LogP contribution in [0.25, 0.3) is 0 Å². The van der Waals surface area contributed by atoms with Crippen molar-refractivity contribution in [1.82, 2.24) is 0 Å². The molecule has 126 valence electrons. The molecule has 1 aliphatic heterocycles. The largest absolute Gasteiger partial charge is 0.497 e. The zero-order valence-corrected chi connectivity index (χ0v) is 14.2. The van der Waals surface area contributed by atoms with Gasteiger partial charge in [0, 0.05) is 24.2 Å². The van der Waals surface area contributed by atoms with Gasteiger partial charge in [0.2, 0.25) is 5.91 Å². The summed E-state index contributed by atoms with van der Waals surface area (Å²) in [5.41, 5.74) is 1.90. The van der Waals surface area contributed by atoms with Gasteiger partial charge in [0.25, 0.3) is 0 Å². The van der Waals surface area contributed by atoms with Gasteiger partial charge in [-0.05, 0) is 43.5 Å². The van der Waals surface area contributed by atoms with E-state index in [2.05, 4.69) is 0 Å². The molecule has 0 aliphatic carbocycles. The Hall–Kier alpha value is -2.33. The Balaban J connectivity index is 1.71. The predicted octanol–water partition coefficient (Wildman–Crippen LogP) is 3.27. The first kappa shape index (κ1) is 16.5. The number of carbonyl (C=O) groups excluding carboxylic acids is 1. The smallest absolute Gasteiger partial charge is 0.227 e. The van der Waals surface area contributed by atoms with Crippen LogP contribution < -0.4 is 9.64 Å². The Morgan fingerprint density at radius 1 is 1.21 bits per heavy atom. The standard InChI is InChI=1S/C20H23NO3/c1-20(23)13-14-21(18-6-4-3-5-17(18)20)19(22)12-9-15-7-10-16(24-2)11-8-15/h3-8,10-11,23H,9,12-14H2,1-2H3. The fraction of sp³-hybridized carbons (Fsp3) is 0.350. The summed E-state index contributed by atoms with van der Waals surface area (Å²) in [5, 5.41) is 10.5. The monoisotopic (exact) mass is 325 g/mol. The topological polar surface area (TPSA) is 49.8 Å². The van der Waals surface area contributed by atoms with Crippen molar-refractivity contribution in [3.05, 3.63) is 59.7 Å². The number of carbonyl (C=O) groups is 1. The van der Waals surface area contributed by atoms with Crippen molar-refractivity contribution in [2.45, 2.75) is 31.8 Å². The molecule has 1 aliphatic rings. The third kappa shape index (κ3) is 3.29. The van der Waals surface area contributed by atoms with E-state index in [0.29, 0.717) is 25.8 Å². The number of fused-ring (bicyclic) bond motifs is 1. The number of para-hydroxylation sites is 1. The lowest BCUT2D eigenvalue weighted by atomic mass is 9.87. The molecule has 0 spiro atoms. The highest BCUT2D eigenvalue weighted by Crippen LogP contribution is 2.38. The normalized spacial score (nSPS) is 19.7. The summed E-state index contributed by atoms with van der Waals surface area (Å²) in [7, 11) is 1.64. The molecule has 0 fully saturated rings. The molecule has 3 rings (SSSR count). The number of amides is 1. The van der Waals surface area contributed by atoms with Crippen molar-refractivity contribution in [3.8, 4) is 5.75 Å². The molecule has 2 aromatic rings. The van der Waals surface area contributed by atoms with Gasteiger partial charge in [0.1, 0.15) is 5.75 Å². The van der Waals surface area contributed by atoms with Gasteiger partial charge in [-0.1, -0.05) is 30.3 Å². The van der Waals surface area contributed by atoms with Crippen molar-refractivity contribution >= 4 is 11.6 Å². The summed E-state index contributed by atoms with van der Waals surface area (Å²) in [6.45, 7) is 2.36. The van der Waals surface area contributed by atoms with Crippen LogP contribution in [0.5, 0.6) is 5.75 Å². The Kier molecular flexibility index (Phi) is 4.58. The molecule has 2 aromatic carbocycles. The fourth-order valence-corrected chi connectivity index (χ4v) is 3.19. The van der Waals surface area contributed by atoms with Gasteiger partial charge in [-0.15, -0.1) is 0 Å². The van der Waals surface area contributed by atoms with Crippen LogP contribution in [-0.4, -0.2) is 24.7 Å². The zero-order valence-electron chi connectivity index (χ0n) is 14.2. The summed E-state index contributed by atoms with van der Waals surface area (Å²) >= 11 is 0. The summed E-state index contributed by atoms with van der Waals surface area (Å²) in [6.07, 6.45) is 1.69. The van der Waals surface area contributed by atoms with Gasteiger partial charge in [0.05, 0.1) is 12.7 Å². The Bertz CT molecular complexity index is 722. The molecule has 0 saturated heterocycles. The predicted molar refractivity (Wildman–Crippen MR) is 94.3 cm³/mol. The van der Waals surface area contributed by atoms with E-state index >= 15 is 0 Å². The van der Waals surface area contributed by atoms with E-state index in [1.807, 2.05) is 55.5 Å². The van der Waals surface area contributed by atoms with Crippen LogP contribution in [0.2, 0.25) is 0 Å². The number of aryl methyl sites for hydroxylation is 1. The Morgan fingerprint density at radius 3 is 2.62 bits per heavy atom. The third-order valence-corrected chi connectivity index (χ3v) is 4.68. The van der Waals surface area contributed by atoms with Gasteiger partial charge >= 0.3 is 0 Å². The van der Waals surface area contributed by atoms with E-state index < -0.39 is 5.60 Å².